The molecule has 2 aromatic heterocycles. The Morgan fingerprint density at radius 1 is 0.938 bits per heavy atom. The van der Waals surface area contributed by atoms with Gasteiger partial charge >= 0.3 is 0 Å². The van der Waals surface area contributed by atoms with E-state index in [1.807, 2.05) is 18.2 Å². The molecule has 0 saturated carbocycles. The van der Waals surface area contributed by atoms with Gasteiger partial charge in [0.1, 0.15) is 5.69 Å². The van der Waals surface area contributed by atoms with Crippen molar-refractivity contribution in [3.63, 3.8) is 0 Å². The zero-order valence-electron chi connectivity index (χ0n) is 18.4. The van der Waals surface area contributed by atoms with Crippen LogP contribution in [0.2, 0.25) is 0 Å². The molecule has 4 heterocycles. The minimum Gasteiger partial charge on any atom is -0.354 e. The molecule has 2 aliphatic rings. The number of rotatable bonds is 5. The summed E-state index contributed by atoms with van der Waals surface area (Å²) < 4.78 is 0. The molecule has 5 rings (SSSR count). The number of anilines is 1. The zero-order chi connectivity index (χ0) is 21.8. The maximum Gasteiger partial charge on any atom is 0.227 e. The number of piperidine rings is 2. The summed E-state index contributed by atoms with van der Waals surface area (Å²) in [5.74, 6) is 1.95. The number of carbonyl (C=O) groups excluding carboxylic acids is 1. The monoisotopic (exact) mass is 446 g/mol. The van der Waals surface area contributed by atoms with Crippen LogP contribution in [0.25, 0.3) is 10.6 Å². The number of aromatic nitrogens is 2. The van der Waals surface area contributed by atoms with Crippen LogP contribution >= 0.6 is 11.3 Å². The Bertz CT molecular complexity index is 998. The number of thiophene rings is 1. The Morgan fingerprint density at radius 3 is 2.50 bits per heavy atom. The van der Waals surface area contributed by atoms with Gasteiger partial charge in [-0.15, -0.1) is 21.5 Å². The van der Waals surface area contributed by atoms with Crippen molar-refractivity contribution in [2.45, 2.75) is 32.1 Å². The van der Waals surface area contributed by atoms with Crippen molar-refractivity contribution in [2.75, 3.05) is 31.1 Å². The molecule has 3 aromatic rings. The summed E-state index contributed by atoms with van der Waals surface area (Å²) in [5.41, 5.74) is 2.32. The highest BCUT2D eigenvalue weighted by Gasteiger charge is 2.32. The zero-order valence-corrected chi connectivity index (χ0v) is 19.2. The van der Waals surface area contributed by atoms with Gasteiger partial charge in [-0.3, -0.25) is 4.79 Å². The van der Waals surface area contributed by atoms with Gasteiger partial charge in [0, 0.05) is 26.2 Å². The van der Waals surface area contributed by atoms with Crippen LogP contribution in [0, 0.1) is 11.8 Å². The van der Waals surface area contributed by atoms with Crippen molar-refractivity contribution in [2.24, 2.45) is 11.8 Å². The lowest BCUT2D eigenvalue weighted by atomic mass is 9.89. The topological polar surface area (TPSA) is 49.3 Å². The van der Waals surface area contributed by atoms with Crippen molar-refractivity contribution < 1.29 is 4.79 Å². The highest BCUT2D eigenvalue weighted by atomic mass is 32.1. The fourth-order valence-electron chi connectivity index (χ4n) is 5.00. The third kappa shape index (κ3) is 4.85. The molecule has 166 valence electrons. The summed E-state index contributed by atoms with van der Waals surface area (Å²) in [5, 5.41) is 10.9. The minimum absolute atomic E-state index is 0.0631. The van der Waals surface area contributed by atoms with Gasteiger partial charge in [-0.25, -0.2) is 0 Å². The molecule has 1 amide bonds. The van der Waals surface area contributed by atoms with Gasteiger partial charge in [0.25, 0.3) is 0 Å². The van der Waals surface area contributed by atoms with Crippen LogP contribution in [-0.4, -0.2) is 47.2 Å². The van der Waals surface area contributed by atoms with Gasteiger partial charge < -0.3 is 9.80 Å². The van der Waals surface area contributed by atoms with E-state index in [1.54, 1.807) is 11.3 Å². The van der Waals surface area contributed by atoms with E-state index in [9.17, 15) is 4.79 Å². The second-order valence-corrected chi connectivity index (χ2v) is 9.95. The van der Waals surface area contributed by atoms with Gasteiger partial charge in [0.2, 0.25) is 5.91 Å². The molecular formula is C26H30N4OS. The van der Waals surface area contributed by atoms with Crippen LogP contribution in [0.4, 0.5) is 5.82 Å². The first-order valence-corrected chi connectivity index (χ1v) is 12.6. The average Bonchev–Trinajstić information content (AvgIpc) is 3.40. The number of carbonyl (C=O) groups is 1. The lowest BCUT2D eigenvalue weighted by Gasteiger charge is -2.38. The number of benzene rings is 1. The van der Waals surface area contributed by atoms with E-state index in [4.69, 9.17) is 0 Å². The molecule has 1 unspecified atom stereocenters. The molecule has 0 bridgehead atoms. The molecular weight excluding hydrogens is 416 g/mol. The van der Waals surface area contributed by atoms with Gasteiger partial charge in [-0.05, 0) is 67.2 Å². The van der Waals surface area contributed by atoms with E-state index in [2.05, 4.69) is 61.8 Å². The normalized spacial score (nSPS) is 19.8. The fraction of sp³-hybridized carbons (Fsp3) is 0.423. The number of hydrogen-bond donors (Lipinski definition) is 0. The number of hydrogen-bond acceptors (Lipinski definition) is 5. The Balaban J connectivity index is 1.15. The first-order chi connectivity index (χ1) is 15.8. The quantitative estimate of drug-likeness (QED) is 0.559. The van der Waals surface area contributed by atoms with Crippen LogP contribution in [0.5, 0.6) is 0 Å². The summed E-state index contributed by atoms with van der Waals surface area (Å²) in [6.45, 7) is 3.47. The molecule has 0 N–H and O–H groups in total. The lowest BCUT2D eigenvalue weighted by molar-refractivity contribution is -0.137. The van der Waals surface area contributed by atoms with E-state index in [1.165, 1.54) is 5.56 Å². The molecule has 5 nitrogen and oxygen atoms in total. The van der Waals surface area contributed by atoms with E-state index in [0.717, 1.165) is 74.7 Å². The van der Waals surface area contributed by atoms with Crippen molar-refractivity contribution >= 4 is 23.1 Å². The predicted molar refractivity (Wildman–Crippen MR) is 130 cm³/mol. The first-order valence-electron chi connectivity index (χ1n) is 11.7. The molecule has 0 spiro atoms. The SMILES string of the molecule is O=C(C1CCCN(c2ccc(-c3cccs3)nn2)C1)N1CCC(Cc2ccccc2)CC1. The van der Waals surface area contributed by atoms with E-state index in [0.29, 0.717) is 11.8 Å². The first kappa shape index (κ1) is 21.1. The third-order valence-electron chi connectivity index (χ3n) is 6.81. The summed E-state index contributed by atoms with van der Waals surface area (Å²) in [7, 11) is 0. The summed E-state index contributed by atoms with van der Waals surface area (Å²) in [4.78, 5) is 18.7. The van der Waals surface area contributed by atoms with Crippen LogP contribution in [-0.2, 0) is 11.2 Å². The molecule has 2 fully saturated rings. The smallest absolute Gasteiger partial charge is 0.227 e. The van der Waals surface area contributed by atoms with Gasteiger partial charge in [-0.2, -0.15) is 0 Å². The van der Waals surface area contributed by atoms with Gasteiger partial charge in [0.05, 0.1) is 10.8 Å². The highest BCUT2D eigenvalue weighted by Crippen LogP contribution is 2.28. The Kier molecular flexibility index (Phi) is 6.49. The van der Waals surface area contributed by atoms with Crippen molar-refractivity contribution in [1.29, 1.82) is 0 Å². The maximum atomic E-state index is 13.3. The molecule has 0 radical (unpaired) electrons. The molecule has 32 heavy (non-hydrogen) atoms. The molecule has 6 heteroatoms. The average molecular weight is 447 g/mol. The Morgan fingerprint density at radius 2 is 1.78 bits per heavy atom. The maximum absolute atomic E-state index is 13.3. The standard InChI is InChI=1S/C26H30N4OS/c31-26(29-15-12-21(13-16-29)18-20-6-2-1-3-7-20)22-8-4-14-30(19-22)25-11-10-23(27-28-25)24-9-5-17-32-24/h1-3,5-7,9-11,17,21-22H,4,8,12-16,18-19H2. The predicted octanol–water partition coefficient (Wildman–Crippen LogP) is 4.90. The van der Waals surface area contributed by atoms with Crippen LogP contribution in [0.3, 0.4) is 0 Å². The van der Waals surface area contributed by atoms with Crippen LogP contribution in [0.1, 0.15) is 31.2 Å². The number of likely N-dealkylation sites (tertiary alicyclic amines) is 1. The van der Waals surface area contributed by atoms with Gasteiger partial charge in [0.15, 0.2) is 5.82 Å². The summed E-state index contributed by atoms with van der Waals surface area (Å²) >= 11 is 1.67. The lowest BCUT2D eigenvalue weighted by Crippen LogP contribution is -2.47. The van der Waals surface area contributed by atoms with E-state index in [-0.39, 0.29) is 5.92 Å². The molecule has 1 aromatic carbocycles. The van der Waals surface area contributed by atoms with Gasteiger partial charge in [-0.1, -0.05) is 36.4 Å². The molecule has 2 aliphatic heterocycles. The minimum atomic E-state index is 0.0631. The summed E-state index contributed by atoms with van der Waals surface area (Å²) in [6.07, 6.45) is 5.33. The summed E-state index contributed by atoms with van der Waals surface area (Å²) in [6, 6.07) is 18.9. The fourth-order valence-corrected chi connectivity index (χ4v) is 5.69. The Hall–Kier alpha value is -2.73. The highest BCUT2D eigenvalue weighted by molar-refractivity contribution is 7.13. The molecule has 0 aliphatic carbocycles. The van der Waals surface area contributed by atoms with E-state index >= 15 is 0 Å². The molecule has 1 atom stereocenters. The number of amides is 1. The second kappa shape index (κ2) is 9.82. The third-order valence-corrected chi connectivity index (χ3v) is 7.70. The van der Waals surface area contributed by atoms with Crippen LogP contribution in [0.15, 0.2) is 60.0 Å². The van der Waals surface area contributed by atoms with Crippen molar-refractivity contribution in [3.8, 4) is 10.6 Å². The van der Waals surface area contributed by atoms with Crippen molar-refractivity contribution in [3.05, 3.63) is 65.5 Å². The molecule has 2 saturated heterocycles. The van der Waals surface area contributed by atoms with E-state index < -0.39 is 0 Å². The number of nitrogens with zero attached hydrogens (tertiary/aromatic N) is 4. The largest absolute Gasteiger partial charge is 0.354 e. The van der Waals surface area contributed by atoms with Crippen LogP contribution < -0.4 is 4.90 Å². The second-order valence-electron chi connectivity index (χ2n) is 9.00. The Labute approximate surface area is 194 Å². The van der Waals surface area contributed by atoms with Crippen molar-refractivity contribution in [1.82, 2.24) is 15.1 Å².